The van der Waals surface area contributed by atoms with E-state index in [1.807, 2.05) is 18.0 Å². The molecule has 1 aromatic heterocycles. The normalized spacial score (nSPS) is 14.3. The lowest BCUT2D eigenvalue weighted by Crippen LogP contribution is -2.11. The minimum Gasteiger partial charge on any atom is -0.321 e. The van der Waals surface area contributed by atoms with E-state index in [1.54, 1.807) is 6.07 Å². The van der Waals surface area contributed by atoms with E-state index in [-0.39, 0.29) is 11.6 Å². The molecule has 0 aliphatic heterocycles. The van der Waals surface area contributed by atoms with Crippen LogP contribution in [0.25, 0.3) is 0 Å². The Balaban J connectivity index is 1.96. The van der Waals surface area contributed by atoms with Crippen molar-refractivity contribution in [3.8, 4) is 0 Å². The summed E-state index contributed by atoms with van der Waals surface area (Å²) >= 11 is 1.52. The molecule has 0 fully saturated rings. The summed E-state index contributed by atoms with van der Waals surface area (Å²) in [6, 6.07) is 6.36. The molecule has 5 heteroatoms. The van der Waals surface area contributed by atoms with Crippen molar-refractivity contribution in [1.29, 1.82) is 0 Å². The van der Waals surface area contributed by atoms with Crippen molar-refractivity contribution in [2.45, 2.75) is 19.3 Å². The van der Waals surface area contributed by atoms with Gasteiger partial charge in [-0.1, -0.05) is 6.07 Å². The molecule has 1 aliphatic rings. The fourth-order valence-electron chi connectivity index (χ4n) is 2.19. The summed E-state index contributed by atoms with van der Waals surface area (Å²) in [5.74, 6) is -0.155. The average molecular weight is 276 g/mol. The van der Waals surface area contributed by atoms with E-state index < -0.39 is 0 Å². The van der Waals surface area contributed by atoms with Crippen LogP contribution in [0.3, 0.4) is 0 Å². The zero-order valence-corrected chi connectivity index (χ0v) is 11.3. The van der Waals surface area contributed by atoms with Gasteiger partial charge in [0.05, 0.1) is 0 Å². The number of Topliss-reactive ketones (excluding diaryl/α,β-unsaturated/α-hetero) is 1. The second-order valence-corrected chi connectivity index (χ2v) is 5.65. The van der Waals surface area contributed by atoms with Gasteiger partial charge in [-0.05, 0) is 31.0 Å². The highest BCUT2D eigenvalue weighted by atomic mass is 32.1. The number of aryl methyl sites for hydroxylation is 1. The van der Waals surface area contributed by atoms with Crippen molar-refractivity contribution in [2.24, 2.45) is 0 Å². The molecule has 0 saturated carbocycles. The number of rotatable bonds is 2. The van der Waals surface area contributed by atoms with Crippen LogP contribution in [-0.2, 0) is 6.42 Å². The smallest absolute Gasteiger partial charge is 0.190 e. The maximum absolute atomic E-state index is 13.2. The van der Waals surface area contributed by atoms with E-state index >= 15 is 0 Å². The molecule has 0 bridgehead atoms. The first-order chi connectivity index (χ1) is 9.15. The predicted octanol–water partition coefficient (Wildman–Crippen LogP) is 3.57. The number of carbonyl (C=O) groups is 1. The predicted molar refractivity (Wildman–Crippen MR) is 73.8 cm³/mol. The number of aromatic nitrogens is 1. The van der Waals surface area contributed by atoms with Crippen LogP contribution in [0.5, 0.6) is 0 Å². The molecule has 1 aromatic carbocycles. The molecule has 98 valence electrons. The third kappa shape index (κ3) is 2.26. The SMILES string of the molecule is CN(c1cccc(F)c1)c1nc2c(s1)CCCC2=O. The summed E-state index contributed by atoms with van der Waals surface area (Å²) in [6.07, 6.45) is 2.40. The third-order valence-corrected chi connectivity index (χ3v) is 4.43. The van der Waals surface area contributed by atoms with Gasteiger partial charge in [-0.15, -0.1) is 11.3 Å². The van der Waals surface area contributed by atoms with Crippen molar-refractivity contribution in [2.75, 3.05) is 11.9 Å². The maximum Gasteiger partial charge on any atom is 0.190 e. The molecule has 19 heavy (non-hydrogen) atoms. The van der Waals surface area contributed by atoms with Crippen molar-refractivity contribution < 1.29 is 9.18 Å². The molecule has 1 aliphatic carbocycles. The Morgan fingerprint density at radius 3 is 2.95 bits per heavy atom. The highest BCUT2D eigenvalue weighted by Gasteiger charge is 2.23. The minimum absolute atomic E-state index is 0.122. The molecular formula is C14H13FN2OS. The molecular weight excluding hydrogens is 263 g/mol. The van der Waals surface area contributed by atoms with Crippen molar-refractivity contribution in [3.05, 3.63) is 40.7 Å². The number of halogens is 1. The lowest BCUT2D eigenvalue weighted by Gasteiger charge is -2.15. The maximum atomic E-state index is 13.2. The van der Waals surface area contributed by atoms with Crippen LogP contribution in [0, 0.1) is 5.82 Å². The van der Waals surface area contributed by atoms with Crippen LogP contribution < -0.4 is 4.90 Å². The summed E-state index contributed by atoms with van der Waals surface area (Å²) in [5.41, 5.74) is 1.34. The lowest BCUT2D eigenvalue weighted by molar-refractivity contribution is 0.0968. The topological polar surface area (TPSA) is 33.2 Å². The van der Waals surface area contributed by atoms with Gasteiger partial charge in [0, 0.05) is 24.0 Å². The summed E-state index contributed by atoms with van der Waals surface area (Å²) < 4.78 is 13.2. The molecule has 0 N–H and O–H groups in total. The fraction of sp³-hybridized carbons (Fsp3) is 0.286. The molecule has 0 unspecified atom stereocenters. The molecule has 0 saturated heterocycles. The first-order valence-electron chi connectivity index (χ1n) is 6.17. The Kier molecular flexibility index (Phi) is 3.06. The number of thiazole rings is 1. The van der Waals surface area contributed by atoms with Gasteiger partial charge >= 0.3 is 0 Å². The van der Waals surface area contributed by atoms with Gasteiger partial charge in [-0.2, -0.15) is 0 Å². The van der Waals surface area contributed by atoms with Crippen molar-refractivity contribution in [1.82, 2.24) is 4.98 Å². The number of hydrogen-bond donors (Lipinski definition) is 0. The molecule has 3 rings (SSSR count). The number of ketones is 1. The van der Waals surface area contributed by atoms with E-state index in [0.29, 0.717) is 12.1 Å². The monoisotopic (exact) mass is 276 g/mol. The van der Waals surface area contributed by atoms with Gasteiger partial charge in [-0.25, -0.2) is 9.37 Å². The standard InChI is InChI=1S/C14H13FN2OS/c1-17(10-5-2-4-9(15)8-10)14-16-13-11(18)6-3-7-12(13)19-14/h2,4-5,8H,3,6-7H2,1H3. The van der Waals surface area contributed by atoms with Crippen LogP contribution in [0.2, 0.25) is 0 Å². The minimum atomic E-state index is -0.276. The van der Waals surface area contributed by atoms with E-state index in [9.17, 15) is 9.18 Å². The van der Waals surface area contributed by atoms with Crippen LogP contribution in [-0.4, -0.2) is 17.8 Å². The first-order valence-corrected chi connectivity index (χ1v) is 6.99. The summed E-state index contributed by atoms with van der Waals surface area (Å²) in [5, 5.41) is 0.742. The van der Waals surface area contributed by atoms with Gasteiger partial charge < -0.3 is 4.90 Å². The largest absolute Gasteiger partial charge is 0.321 e. The first kappa shape index (κ1) is 12.3. The van der Waals surface area contributed by atoms with Crippen molar-refractivity contribution >= 4 is 27.9 Å². The molecule has 0 atom stereocenters. The summed E-state index contributed by atoms with van der Waals surface area (Å²) in [7, 11) is 1.84. The second kappa shape index (κ2) is 4.74. The Hall–Kier alpha value is -1.75. The van der Waals surface area contributed by atoms with Gasteiger partial charge in [0.1, 0.15) is 11.5 Å². The van der Waals surface area contributed by atoms with Gasteiger partial charge in [0.15, 0.2) is 10.9 Å². The van der Waals surface area contributed by atoms with Gasteiger partial charge in [0.2, 0.25) is 0 Å². The van der Waals surface area contributed by atoms with Crippen LogP contribution in [0.15, 0.2) is 24.3 Å². The van der Waals surface area contributed by atoms with Crippen LogP contribution >= 0.6 is 11.3 Å². The van der Waals surface area contributed by atoms with E-state index in [2.05, 4.69) is 4.98 Å². The van der Waals surface area contributed by atoms with Gasteiger partial charge in [-0.3, -0.25) is 4.79 Å². The van der Waals surface area contributed by atoms with Crippen molar-refractivity contribution in [3.63, 3.8) is 0 Å². The number of anilines is 2. The third-order valence-electron chi connectivity index (χ3n) is 3.24. The number of carbonyl (C=O) groups excluding carboxylic acids is 1. The van der Waals surface area contributed by atoms with Crippen LogP contribution in [0.1, 0.15) is 28.2 Å². The second-order valence-electron chi connectivity index (χ2n) is 4.58. The van der Waals surface area contributed by atoms with Gasteiger partial charge in [0.25, 0.3) is 0 Å². The molecule has 2 aromatic rings. The average Bonchev–Trinajstić information content (AvgIpc) is 2.83. The van der Waals surface area contributed by atoms with E-state index in [1.165, 1.54) is 23.5 Å². The zero-order chi connectivity index (χ0) is 13.4. The fourth-order valence-corrected chi connectivity index (χ4v) is 3.30. The molecule has 0 amide bonds. The Labute approximate surface area is 114 Å². The lowest BCUT2D eigenvalue weighted by atomic mass is 10.0. The molecule has 0 spiro atoms. The molecule has 3 nitrogen and oxygen atoms in total. The number of fused-ring (bicyclic) bond motifs is 1. The van der Waals surface area contributed by atoms with E-state index in [0.717, 1.165) is 28.5 Å². The Morgan fingerprint density at radius 2 is 2.21 bits per heavy atom. The Bertz CT molecular complexity index is 638. The van der Waals surface area contributed by atoms with Crippen LogP contribution in [0.4, 0.5) is 15.2 Å². The Morgan fingerprint density at radius 1 is 1.37 bits per heavy atom. The highest BCUT2D eigenvalue weighted by Crippen LogP contribution is 2.34. The zero-order valence-electron chi connectivity index (χ0n) is 10.5. The number of nitrogens with zero attached hydrogens (tertiary/aromatic N) is 2. The molecule has 1 heterocycles. The quantitative estimate of drug-likeness (QED) is 0.840. The van der Waals surface area contributed by atoms with E-state index in [4.69, 9.17) is 0 Å². The summed E-state index contributed by atoms with van der Waals surface area (Å²) in [4.78, 5) is 19.1. The summed E-state index contributed by atoms with van der Waals surface area (Å²) in [6.45, 7) is 0. The molecule has 0 radical (unpaired) electrons. The number of benzene rings is 1. The highest BCUT2D eigenvalue weighted by molar-refractivity contribution is 7.16. The number of hydrogen-bond acceptors (Lipinski definition) is 4.